The van der Waals surface area contributed by atoms with Gasteiger partial charge in [0.15, 0.2) is 0 Å². The molecule has 0 saturated heterocycles. The fourth-order valence-electron chi connectivity index (χ4n) is 3.34. The Morgan fingerprint density at radius 1 is 1.10 bits per heavy atom. The van der Waals surface area contributed by atoms with E-state index in [4.69, 9.17) is 16.1 Å². The molecular weight excluding hydrogens is 362 g/mol. The first kappa shape index (κ1) is 18.3. The first-order valence-corrected chi connectivity index (χ1v) is 9.09. The van der Waals surface area contributed by atoms with Crippen LogP contribution in [0.2, 0.25) is 0 Å². The minimum atomic E-state index is -0.234. The molecular formula is C24H19N3O2. The van der Waals surface area contributed by atoms with Crippen LogP contribution in [0, 0.1) is 12.3 Å². The smallest absolute Gasteiger partial charge is 0.259 e. The van der Waals surface area contributed by atoms with Crippen LogP contribution in [-0.4, -0.2) is 22.6 Å². The summed E-state index contributed by atoms with van der Waals surface area (Å²) >= 11 is 0. The van der Waals surface area contributed by atoms with Gasteiger partial charge in [0, 0.05) is 23.9 Å². The Labute approximate surface area is 169 Å². The zero-order valence-corrected chi connectivity index (χ0v) is 16.1. The van der Waals surface area contributed by atoms with Crippen molar-refractivity contribution >= 4 is 22.6 Å². The Morgan fingerprint density at radius 2 is 1.86 bits per heavy atom. The number of aryl methyl sites for hydroxylation is 1. The van der Waals surface area contributed by atoms with Crippen LogP contribution >= 0.6 is 0 Å². The number of terminal acetylenes is 1. The third-order valence-electron chi connectivity index (χ3n) is 4.81. The van der Waals surface area contributed by atoms with Crippen LogP contribution in [0.15, 0.2) is 66.7 Å². The van der Waals surface area contributed by atoms with Crippen molar-refractivity contribution in [1.82, 2.24) is 9.55 Å². The number of aromatic nitrogens is 2. The highest BCUT2D eigenvalue weighted by Gasteiger charge is 2.15. The van der Waals surface area contributed by atoms with Gasteiger partial charge in [-0.1, -0.05) is 30.2 Å². The lowest BCUT2D eigenvalue weighted by molar-refractivity contribution is 0.102. The number of carbonyl (C=O) groups is 1. The highest BCUT2D eigenvalue weighted by Crippen LogP contribution is 2.28. The minimum absolute atomic E-state index is 0.234. The third-order valence-corrected chi connectivity index (χ3v) is 4.81. The summed E-state index contributed by atoms with van der Waals surface area (Å²) in [6.07, 6.45) is 5.65. The molecule has 29 heavy (non-hydrogen) atoms. The summed E-state index contributed by atoms with van der Waals surface area (Å²) in [6, 6.07) is 20.4. The maximum Gasteiger partial charge on any atom is 0.259 e. The topological polar surface area (TPSA) is 56.1 Å². The second-order valence-electron chi connectivity index (χ2n) is 6.54. The van der Waals surface area contributed by atoms with Gasteiger partial charge in [-0.2, -0.15) is 0 Å². The molecule has 1 N–H and O–H groups in total. The number of nitrogens with zero attached hydrogens (tertiary/aromatic N) is 2. The molecule has 1 amide bonds. The Balaban J connectivity index is 1.71. The first-order valence-electron chi connectivity index (χ1n) is 9.09. The summed E-state index contributed by atoms with van der Waals surface area (Å²) in [4.78, 5) is 17.4. The van der Waals surface area contributed by atoms with Gasteiger partial charge in [-0.25, -0.2) is 4.98 Å². The van der Waals surface area contributed by atoms with Crippen LogP contribution < -0.4 is 10.1 Å². The summed E-state index contributed by atoms with van der Waals surface area (Å²) in [7, 11) is 3.48. The van der Waals surface area contributed by atoms with Gasteiger partial charge in [0.2, 0.25) is 0 Å². The van der Waals surface area contributed by atoms with Crippen molar-refractivity contribution in [3.05, 3.63) is 77.9 Å². The van der Waals surface area contributed by atoms with Crippen molar-refractivity contribution < 1.29 is 9.53 Å². The highest BCUT2D eigenvalue weighted by atomic mass is 16.5. The van der Waals surface area contributed by atoms with Gasteiger partial charge in [-0.3, -0.25) is 4.79 Å². The molecule has 0 aliphatic rings. The van der Waals surface area contributed by atoms with Crippen molar-refractivity contribution in [2.45, 2.75) is 0 Å². The standard InChI is InChI=1S/C24H19N3O2/c1-4-16-9-5-6-10-18(16)23-26-20-14-13-17(15-21(20)27(23)2)25-24(28)19-11-7-8-12-22(19)29-3/h1,5-15H,2-3H3,(H,25,28). The number of fused-ring (bicyclic) bond motifs is 1. The molecule has 4 rings (SSSR count). The maximum atomic E-state index is 12.7. The molecule has 0 spiro atoms. The number of nitrogens with one attached hydrogen (secondary N) is 1. The van der Waals surface area contributed by atoms with Crippen molar-refractivity contribution in [2.24, 2.45) is 7.05 Å². The molecule has 0 atom stereocenters. The second kappa shape index (κ2) is 7.53. The van der Waals surface area contributed by atoms with E-state index in [-0.39, 0.29) is 5.91 Å². The maximum absolute atomic E-state index is 12.7. The number of benzene rings is 3. The van der Waals surface area contributed by atoms with Crippen molar-refractivity contribution in [3.63, 3.8) is 0 Å². The lowest BCUT2D eigenvalue weighted by Crippen LogP contribution is -2.13. The van der Waals surface area contributed by atoms with E-state index in [2.05, 4.69) is 11.2 Å². The number of rotatable bonds is 4. The van der Waals surface area contributed by atoms with Gasteiger partial charge in [-0.05, 0) is 42.5 Å². The van der Waals surface area contributed by atoms with Gasteiger partial charge in [0.25, 0.3) is 5.91 Å². The average Bonchev–Trinajstić information content (AvgIpc) is 3.09. The summed E-state index contributed by atoms with van der Waals surface area (Å²) in [5, 5.41) is 2.93. The fourth-order valence-corrected chi connectivity index (χ4v) is 3.34. The average molecular weight is 381 g/mol. The van der Waals surface area contributed by atoms with Gasteiger partial charge < -0.3 is 14.6 Å². The second-order valence-corrected chi connectivity index (χ2v) is 6.54. The van der Waals surface area contributed by atoms with Crippen LogP contribution in [0.3, 0.4) is 0 Å². The molecule has 0 aliphatic carbocycles. The molecule has 0 saturated carbocycles. The summed E-state index contributed by atoms with van der Waals surface area (Å²) in [6.45, 7) is 0. The van der Waals surface area contributed by atoms with E-state index < -0.39 is 0 Å². The predicted molar refractivity (Wildman–Crippen MR) is 115 cm³/mol. The number of para-hydroxylation sites is 1. The fraction of sp³-hybridized carbons (Fsp3) is 0.0833. The van der Waals surface area contributed by atoms with E-state index in [1.165, 1.54) is 0 Å². The molecule has 1 heterocycles. The van der Waals surface area contributed by atoms with Gasteiger partial charge in [0.1, 0.15) is 11.6 Å². The molecule has 0 aliphatic heterocycles. The van der Waals surface area contributed by atoms with Gasteiger partial charge in [0.05, 0.1) is 23.7 Å². The lowest BCUT2D eigenvalue weighted by atomic mass is 10.1. The molecule has 0 unspecified atom stereocenters. The van der Waals surface area contributed by atoms with E-state index in [1.54, 1.807) is 25.3 Å². The summed E-state index contributed by atoms with van der Waals surface area (Å²) < 4.78 is 7.25. The predicted octanol–water partition coefficient (Wildman–Crippen LogP) is 4.48. The van der Waals surface area contributed by atoms with Crippen LogP contribution in [0.4, 0.5) is 5.69 Å². The molecule has 1 aromatic heterocycles. The minimum Gasteiger partial charge on any atom is -0.496 e. The molecule has 4 aromatic rings. The molecule has 0 radical (unpaired) electrons. The Hall–Kier alpha value is -4.04. The zero-order valence-electron chi connectivity index (χ0n) is 16.1. The van der Waals surface area contributed by atoms with Crippen LogP contribution in [0.1, 0.15) is 15.9 Å². The molecule has 0 bridgehead atoms. The van der Waals surface area contributed by atoms with Crippen molar-refractivity contribution in [3.8, 4) is 29.5 Å². The number of carbonyl (C=O) groups excluding carboxylic acids is 1. The lowest BCUT2D eigenvalue weighted by Gasteiger charge is -2.09. The van der Waals surface area contributed by atoms with Gasteiger partial charge in [-0.15, -0.1) is 6.42 Å². The number of imidazole rings is 1. The largest absolute Gasteiger partial charge is 0.496 e. The monoisotopic (exact) mass is 381 g/mol. The van der Waals surface area contributed by atoms with E-state index in [1.807, 2.05) is 60.1 Å². The Kier molecular flexibility index (Phi) is 4.76. The Morgan fingerprint density at radius 3 is 2.66 bits per heavy atom. The van der Waals surface area contributed by atoms with Crippen LogP contribution in [-0.2, 0) is 7.05 Å². The highest BCUT2D eigenvalue weighted by molar-refractivity contribution is 6.06. The molecule has 0 fully saturated rings. The number of methoxy groups -OCH3 is 1. The number of hydrogen-bond acceptors (Lipinski definition) is 3. The Bertz CT molecular complexity index is 1260. The van der Waals surface area contributed by atoms with E-state index in [0.717, 1.165) is 28.0 Å². The number of anilines is 1. The SMILES string of the molecule is C#Cc1ccccc1-c1nc2ccc(NC(=O)c3ccccc3OC)cc2n1C. The summed E-state index contributed by atoms with van der Waals surface area (Å²) in [5.41, 5.74) is 4.55. The molecule has 142 valence electrons. The summed E-state index contributed by atoms with van der Waals surface area (Å²) in [5.74, 6) is 3.78. The van der Waals surface area contributed by atoms with Crippen LogP contribution in [0.5, 0.6) is 5.75 Å². The van der Waals surface area contributed by atoms with E-state index in [9.17, 15) is 4.79 Å². The number of hydrogen-bond donors (Lipinski definition) is 1. The quantitative estimate of drug-likeness (QED) is 0.530. The third kappa shape index (κ3) is 3.32. The number of amides is 1. The van der Waals surface area contributed by atoms with Crippen molar-refractivity contribution in [1.29, 1.82) is 0 Å². The molecule has 5 heteroatoms. The first-order chi connectivity index (χ1) is 14.1. The number of ether oxygens (including phenoxy) is 1. The van der Waals surface area contributed by atoms with E-state index in [0.29, 0.717) is 17.0 Å². The normalized spacial score (nSPS) is 10.5. The molecule has 5 nitrogen and oxygen atoms in total. The van der Waals surface area contributed by atoms with E-state index >= 15 is 0 Å². The van der Waals surface area contributed by atoms with Gasteiger partial charge >= 0.3 is 0 Å². The zero-order chi connectivity index (χ0) is 20.4. The van der Waals surface area contributed by atoms with Crippen molar-refractivity contribution in [2.75, 3.05) is 12.4 Å². The van der Waals surface area contributed by atoms with Crippen LogP contribution in [0.25, 0.3) is 22.4 Å². The molecule has 3 aromatic carbocycles.